The number of methoxy groups -OCH3 is 1. The van der Waals surface area contributed by atoms with Gasteiger partial charge in [0.05, 0.1) is 35.7 Å². The van der Waals surface area contributed by atoms with E-state index in [0.717, 1.165) is 16.7 Å². The number of rotatable bonds is 11. The molecule has 0 amide bonds. The van der Waals surface area contributed by atoms with Gasteiger partial charge in [-0.3, -0.25) is 14.3 Å². The van der Waals surface area contributed by atoms with E-state index in [0.29, 0.717) is 24.2 Å². The highest BCUT2D eigenvalue weighted by atomic mass is 32.2. The first-order valence-electron chi connectivity index (χ1n) is 12.8. The summed E-state index contributed by atoms with van der Waals surface area (Å²) in [5, 5.41) is 3.34. The zero-order valence-electron chi connectivity index (χ0n) is 22.3. The van der Waals surface area contributed by atoms with Gasteiger partial charge in [-0.15, -0.1) is 0 Å². The first-order valence-corrected chi connectivity index (χ1v) is 15.3. The number of nitrogens with one attached hydrogen (secondary N) is 1. The molecule has 3 aromatic carbocycles. The van der Waals surface area contributed by atoms with Crippen LogP contribution in [0.3, 0.4) is 0 Å². The lowest BCUT2D eigenvalue weighted by Gasteiger charge is -2.29. The van der Waals surface area contributed by atoms with Crippen LogP contribution in [-0.4, -0.2) is 48.7 Å². The van der Waals surface area contributed by atoms with Crippen LogP contribution in [0.25, 0.3) is 0 Å². The molecule has 0 unspecified atom stereocenters. The van der Waals surface area contributed by atoms with Crippen LogP contribution in [0.1, 0.15) is 42.1 Å². The fourth-order valence-corrected chi connectivity index (χ4v) is 7.01. The summed E-state index contributed by atoms with van der Waals surface area (Å²) in [4.78, 5) is 13.6. The number of unbranched alkanes of at least 4 members (excludes halogenated alkanes) is 1. The van der Waals surface area contributed by atoms with E-state index in [1.54, 1.807) is 12.1 Å². The molecule has 4 rings (SSSR count). The summed E-state index contributed by atoms with van der Waals surface area (Å²) in [5.41, 5.74) is 2.89. The molecule has 1 aliphatic heterocycles. The molecule has 1 saturated heterocycles. The minimum absolute atomic E-state index is 0.00240. The summed E-state index contributed by atoms with van der Waals surface area (Å²) in [7, 11) is -4.10. The van der Waals surface area contributed by atoms with Crippen LogP contribution in [0.2, 0.25) is 0 Å². The summed E-state index contributed by atoms with van der Waals surface area (Å²) in [6, 6.07) is 22.4. The van der Waals surface area contributed by atoms with E-state index >= 15 is 0 Å². The van der Waals surface area contributed by atoms with Crippen molar-refractivity contribution in [2.24, 2.45) is 0 Å². The first kappa shape index (κ1) is 29.1. The van der Waals surface area contributed by atoms with Crippen LogP contribution < -0.4 is 5.32 Å². The van der Waals surface area contributed by atoms with Gasteiger partial charge < -0.3 is 4.74 Å². The van der Waals surface area contributed by atoms with E-state index in [-0.39, 0.29) is 11.5 Å². The van der Waals surface area contributed by atoms with E-state index in [9.17, 15) is 17.4 Å². The topological polar surface area (TPSA) is 102 Å². The molecule has 3 aromatic rings. The summed E-state index contributed by atoms with van der Waals surface area (Å²) in [6.07, 6.45) is 0.977. The number of carbonyl (C=O) groups excluding carboxylic acids is 1. The fourth-order valence-electron chi connectivity index (χ4n) is 4.61. The third-order valence-electron chi connectivity index (χ3n) is 6.73. The second-order valence-electron chi connectivity index (χ2n) is 9.56. The van der Waals surface area contributed by atoms with Gasteiger partial charge in [0, 0.05) is 0 Å². The van der Waals surface area contributed by atoms with Gasteiger partial charge in [-0.05, 0) is 62.9 Å². The van der Waals surface area contributed by atoms with E-state index in [1.807, 2.05) is 72.7 Å². The molecular weight excluding hydrogens is 536 g/mol. The standard InChI is InChI=1S/C29H34N2O6S2/c1-21-12-16-24(17-13-21)38(33)31-26(27(29(32)36-3)30-28(31)23-9-5-4-6-10-23)11-7-8-20-37-39(34,35)25-18-14-22(2)15-19-25/h4-6,9-10,12-19,26-28,30H,7-8,11,20H2,1-3H3/t26-,27+,28+,38+/m1/s1. The largest absolute Gasteiger partial charge is 0.468 e. The molecule has 0 aliphatic carbocycles. The van der Waals surface area contributed by atoms with Crippen molar-refractivity contribution >= 4 is 27.1 Å². The Labute approximate surface area is 233 Å². The van der Waals surface area contributed by atoms with Crippen molar-refractivity contribution < 1.29 is 26.3 Å². The molecule has 0 aromatic heterocycles. The molecule has 0 saturated carbocycles. The zero-order chi connectivity index (χ0) is 28.0. The monoisotopic (exact) mass is 570 g/mol. The van der Waals surface area contributed by atoms with E-state index < -0.39 is 45.3 Å². The van der Waals surface area contributed by atoms with Crippen LogP contribution in [0.5, 0.6) is 0 Å². The number of hydrogen-bond donors (Lipinski definition) is 1. The number of carbonyl (C=O) groups is 1. The quantitative estimate of drug-likeness (QED) is 0.207. The highest BCUT2D eigenvalue weighted by molar-refractivity contribution is 7.86. The van der Waals surface area contributed by atoms with Gasteiger partial charge in [-0.25, -0.2) is 4.21 Å². The van der Waals surface area contributed by atoms with Crippen molar-refractivity contribution in [2.75, 3.05) is 13.7 Å². The molecule has 1 heterocycles. The molecule has 1 fully saturated rings. The zero-order valence-corrected chi connectivity index (χ0v) is 23.9. The van der Waals surface area contributed by atoms with Crippen LogP contribution in [0.4, 0.5) is 0 Å². The third-order valence-corrected chi connectivity index (χ3v) is 9.60. The van der Waals surface area contributed by atoms with Crippen molar-refractivity contribution in [2.45, 2.75) is 61.2 Å². The molecule has 39 heavy (non-hydrogen) atoms. The molecular formula is C29H34N2O6S2. The lowest BCUT2D eigenvalue weighted by molar-refractivity contribution is -0.143. The molecule has 0 bridgehead atoms. The molecule has 8 nitrogen and oxygen atoms in total. The maximum Gasteiger partial charge on any atom is 0.324 e. The lowest BCUT2D eigenvalue weighted by atomic mass is 10.0. The summed E-state index contributed by atoms with van der Waals surface area (Å²) in [6.45, 7) is 3.85. The fraction of sp³-hybridized carbons (Fsp3) is 0.345. The van der Waals surface area contributed by atoms with Crippen molar-refractivity contribution in [3.8, 4) is 0 Å². The van der Waals surface area contributed by atoms with Crippen molar-refractivity contribution in [1.82, 2.24) is 9.62 Å². The van der Waals surface area contributed by atoms with E-state index in [4.69, 9.17) is 8.92 Å². The number of aryl methyl sites for hydroxylation is 2. The van der Waals surface area contributed by atoms with Crippen LogP contribution in [-0.2, 0) is 34.8 Å². The van der Waals surface area contributed by atoms with Gasteiger partial charge in [0.1, 0.15) is 17.0 Å². The van der Waals surface area contributed by atoms with Crippen molar-refractivity contribution in [1.29, 1.82) is 0 Å². The molecule has 1 N–H and O–H groups in total. The normalized spacial score (nSPS) is 20.5. The Morgan fingerprint density at radius 2 is 1.54 bits per heavy atom. The van der Waals surface area contributed by atoms with Gasteiger partial charge in [0.2, 0.25) is 0 Å². The average molecular weight is 571 g/mol. The highest BCUT2D eigenvalue weighted by Crippen LogP contribution is 2.35. The van der Waals surface area contributed by atoms with E-state index in [2.05, 4.69) is 5.32 Å². The smallest absolute Gasteiger partial charge is 0.324 e. The van der Waals surface area contributed by atoms with E-state index in [1.165, 1.54) is 19.2 Å². The Morgan fingerprint density at radius 1 is 0.923 bits per heavy atom. The van der Waals surface area contributed by atoms with Gasteiger partial charge in [0.25, 0.3) is 10.1 Å². The van der Waals surface area contributed by atoms with Crippen molar-refractivity contribution in [3.63, 3.8) is 0 Å². The Morgan fingerprint density at radius 3 is 2.15 bits per heavy atom. The van der Waals surface area contributed by atoms with Gasteiger partial charge in [-0.1, -0.05) is 65.7 Å². The predicted octanol–water partition coefficient (Wildman–Crippen LogP) is 4.42. The van der Waals surface area contributed by atoms with Gasteiger partial charge >= 0.3 is 5.97 Å². The Balaban J connectivity index is 1.51. The second kappa shape index (κ2) is 13.0. The summed E-state index contributed by atoms with van der Waals surface area (Å²) >= 11 is 0. The van der Waals surface area contributed by atoms with Crippen LogP contribution in [0, 0.1) is 13.8 Å². The van der Waals surface area contributed by atoms with Gasteiger partial charge in [-0.2, -0.15) is 12.7 Å². The number of nitrogens with zero attached hydrogens (tertiary/aromatic N) is 1. The number of hydrogen-bond acceptors (Lipinski definition) is 7. The lowest BCUT2D eigenvalue weighted by Crippen LogP contribution is -2.42. The minimum Gasteiger partial charge on any atom is -0.468 e. The Hall–Kier alpha value is -2.89. The maximum atomic E-state index is 14.0. The van der Waals surface area contributed by atoms with Crippen LogP contribution >= 0.6 is 0 Å². The number of benzene rings is 3. The number of ether oxygens (including phenoxy) is 1. The molecule has 4 atom stereocenters. The highest BCUT2D eigenvalue weighted by Gasteiger charge is 2.48. The molecule has 0 radical (unpaired) electrons. The molecule has 10 heteroatoms. The average Bonchev–Trinajstić information content (AvgIpc) is 3.32. The Bertz CT molecular complexity index is 1380. The van der Waals surface area contributed by atoms with Gasteiger partial charge in [0.15, 0.2) is 0 Å². The summed E-state index contributed by atoms with van der Waals surface area (Å²) in [5.74, 6) is -0.442. The molecule has 1 aliphatic rings. The second-order valence-corrected chi connectivity index (χ2v) is 12.6. The predicted molar refractivity (Wildman–Crippen MR) is 150 cm³/mol. The van der Waals surface area contributed by atoms with Crippen molar-refractivity contribution in [3.05, 3.63) is 95.6 Å². The molecule has 208 valence electrons. The third kappa shape index (κ3) is 7.01. The maximum absolute atomic E-state index is 14.0. The number of esters is 1. The SMILES string of the molecule is COC(=O)[C@H]1N[C@H](c2ccccc2)N([S@@](=O)c2ccc(C)cc2)[C@@H]1CCCCOS(=O)(=O)c1ccc(C)cc1. The Kier molecular flexibility index (Phi) is 9.68. The summed E-state index contributed by atoms with van der Waals surface area (Å²) < 4.78 is 51.2. The first-order chi connectivity index (χ1) is 18.7. The minimum atomic E-state index is -3.86. The van der Waals surface area contributed by atoms with Crippen LogP contribution in [0.15, 0.2) is 88.7 Å². The molecule has 0 spiro atoms.